The van der Waals surface area contributed by atoms with E-state index in [2.05, 4.69) is 0 Å². The molecule has 0 atom stereocenters. The highest BCUT2D eigenvalue weighted by molar-refractivity contribution is 7.91. The third-order valence-electron chi connectivity index (χ3n) is 3.45. The van der Waals surface area contributed by atoms with Gasteiger partial charge in [0.25, 0.3) is 0 Å². The molecule has 0 aromatic carbocycles. The van der Waals surface area contributed by atoms with Crippen LogP contribution in [0.1, 0.15) is 34.1 Å². The van der Waals surface area contributed by atoms with Crippen LogP contribution in [0.25, 0.3) is 0 Å². The van der Waals surface area contributed by atoms with Gasteiger partial charge in [-0.3, -0.25) is 0 Å². The number of sulfone groups is 1. The zero-order chi connectivity index (χ0) is 13.3. The van der Waals surface area contributed by atoms with Crippen molar-refractivity contribution in [3.05, 3.63) is 11.5 Å². The summed E-state index contributed by atoms with van der Waals surface area (Å²) in [7, 11) is -2.50. The lowest BCUT2D eigenvalue weighted by atomic mass is 9.81. The monoisotopic (exact) mass is 260 g/mol. The summed E-state index contributed by atoms with van der Waals surface area (Å²) in [6.45, 7) is 7.06. The zero-order valence-electron chi connectivity index (χ0n) is 11.0. The molecule has 0 unspecified atom stereocenters. The average Bonchev–Trinajstić information content (AvgIpc) is 2.14. The van der Waals surface area contributed by atoms with Crippen LogP contribution in [0.5, 0.6) is 0 Å². The molecule has 0 amide bonds. The molecule has 0 aromatic heterocycles. The Hall–Kier alpha value is -0.325. The number of rotatable bonds is 4. The molecule has 0 fully saturated rings. The summed E-state index contributed by atoms with van der Waals surface area (Å²) >= 11 is 0. The van der Waals surface area contributed by atoms with Crippen LogP contribution in [-0.2, 0) is 14.5 Å². The van der Waals surface area contributed by atoms with Crippen LogP contribution in [0, 0.1) is 0 Å². The summed E-state index contributed by atoms with van der Waals surface area (Å²) in [5, 5.41) is 9.92. The van der Waals surface area contributed by atoms with Crippen LogP contribution >= 0.6 is 0 Å². The van der Waals surface area contributed by atoms with E-state index in [9.17, 15) is 13.5 Å². The Morgan fingerprint density at radius 2 is 1.94 bits per heavy atom. The third-order valence-corrected chi connectivity index (χ3v) is 4.95. The molecule has 4 nitrogen and oxygen atoms in total. The summed E-state index contributed by atoms with van der Waals surface area (Å²) < 4.78 is 28.2. The van der Waals surface area contributed by atoms with Crippen LogP contribution in [-0.4, -0.2) is 43.7 Å². The second-order valence-corrected chi connectivity index (χ2v) is 7.81. The first-order chi connectivity index (χ1) is 7.54. The molecule has 0 saturated carbocycles. The van der Waals surface area contributed by atoms with Crippen molar-refractivity contribution in [2.24, 2.45) is 0 Å². The van der Waals surface area contributed by atoms with Gasteiger partial charge >= 0.3 is 7.48 Å². The van der Waals surface area contributed by atoms with Gasteiger partial charge in [0.05, 0.1) is 22.7 Å². The molecule has 1 heterocycles. The third kappa shape index (κ3) is 4.12. The average molecular weight is 260 g/mol. The fraction of sp³-hybridized carbons (Fsp3) is 0.818. The Morgan fingerprint density at radius 3 is 2.35 bits per heavy atom. The van der Waals surface area contributed by atoms with Gasteiger partial charge in [-0.2, -0.15) is 0 Å². The number of hydrogen-bond donors (Lipinski definition) is 1. The smallest absolute Gasteiger partial charge is 0.305 e. The highest BCUT2D eigenvalue weighted by Crippen LogP contribution is 2.25. The SMILES string of the molecule is CC(C)(O)C(C)(C)OBC1=CCS(=O)(=O)CC1. The molecule has 0 aromatic rings. The topological polar surface area (TPSA) is 63.6 Å². The van der Waals surface area contributed by atoms with Crippen LogP contribution in [0.2, 0.25) is 0 Å². The van der Waals surface area contributed by atoms with Crippen molar-refractivity contribution in [2.45, 2.75) is 45.3 Å². The Morgan fingerprint density at radius 1 is 1.35 bits per heavy atom. The van der Waals surface area contributed by atoms with Crippen molar-refractivity contribution in [2.75, 3.05) is 11.5 Å². The van der Waals surface area contributed by atoms with Crippen molar-refractivity contribution in [1.29, 1.82) is 0 Å². The Labute approximate surface area is 104 Å². The van der Waals surface area contributed by atoms with Crippen LogP contribution in [0.4, 0.5) is 0 Å². The molecule has 1 N–H and O–H groups in total. The molecule has 1 rings (SSSR count). The molecule has 0 spiro atoms. The summed E-state index contributed by atoms with van der Waals surface area (Å²) in [6, 6.07) is 0. The second kappa shape index (κ2) is 4.74. The van der Waals surface area contributed by atoms with E-state index < -0.39 is 21.0 Å². The van der Waals surface area contributed by atoms with E-state index >= 15 is 0 Å². The van der Waals surface area contributed by atoms with Crippen molar-refractivity contribution >= 4 is 17.3 Å². The van der Waals surface area contributed by atoms with Gasteiger partial charge in [0, 0.05) is 0 Å². The summed E-state index contributed by atoms with van der Waals surface area (Å²) in [5.41, 5.74) is -0.601. The van der Waals surface area contributed by atoms with Crippen LogP contribution in [0.15, 0.2) is 11.5 Å². The van der Waals surface area contributed by atoms with Crippen LogP contribution < -0.4 is 0 Å². The Bertz CT molecular complexity index is 404. The number of allylic oxidation sites excluding steroid dienone is 1. The molecule has 6 heteroatoms. The summed E-state index contributed by atoms with van der Waals surface area (Å²) in [6.07, 6.45) is 2.25. The molecular formula is C11H21BO4S. The second-order valence-electron chi connectivity index (χ2n) is 5.58. The van der Waals surface area contributed by atoms with Crippen molar-refractivity contribution in [1.82, 2.24) is 0 Å². The lowest BCUT2D eigenvalue weighted by molar-refractivity contribution is -0.0897. The van der Waals surface area contributed by atoms with E-state index in [1.807, 2.05) is 13.8 Å². The first-order valence-electron chi connectivity index (χ1n) is 5.78. The number of hydrogen-bond acceptors (Lipinski definition) is 4. The lowest BCUT2D eigenvalue weighted by Gasteiger charge is -2.38. The fourth-order valence-corrected chi connectivity index (χ4v) is 2.53. The first kappa shape index (κ1) is 14.7. The van der Waals surface area contributed by atoms with Crippen LogP contribution in [0.3, 0.4) is 0 Å². The van der Waals surface area contributed by atoms with Gasteiger partial charge in [-0.15, -0.1) is 0 Å². The highest BCUT2D eigenvalue weighted by Gasteiger charge is 2.36. The molecule has 0 radical (unpaired) electrons. The summed E-state index contributed by atoms with van der Waals surface area (Å²) in [5.74, 6) is 0.305. The molecule has 1 aliphatic rings. The normalized spacial score (nSPS) is 20.9. The summed E-state index contributed by atoms with van der Waals surface area (Å²) in [4.78, 5) is 0. The number of aliphatic hydroxyl groups is 1. The maximum Gasteiger partial charge on any atom is 0.305 e. The van der Waals surface area contributed by atoms with Gasteiger partial charge in [0.15, 0.2) is 9.84 Å². The Balaban J connectivity index is 2.56. The predicted molar refractivity (Wildman–Crippen MR) is 70.0 cm³/mol. The van der Waals surface area contributed by atoms with Gasteiger partial charge in [0.1, 0.15) is 0 Å². The lowest BCUT2D eigenvalue weighted by Crippen LogP contribution is -2.48. The Kier molecular flexibility index (Phi) is 4.11. The van der Waals surface area contributed by atoms with Gasteiger partial charge in [-0.25, -0.2) is 8.42 Å². The fourth-order valence-electron chi connectivity index (χ4n) is 1.30. The van der Waals surface area contributed by atoms with Crippen molar-refractivity contribution in [3.8, 4) is 0 Å². The molecular weight excluding hydrogens is 239 g/mol. The zero-order valence-corrected chi connectivity index (χ0v) is 11.8. The largest absolute Gasteiger partial charge is 0.427 e. The molecule has 98 valence electrons. The quantitative estimate of drug-likeness (QED) is 0.752. The maximum absolute atomic E-state index is 11.2. The van der Waals surface area contributed by atoms with Crippen molar-refractivity contribution < 1.29 is 18.2 Å². The first-order valence-corrected chi connectivity index (χ1v) is 7.60. The minimum Gasteiger partial charge on any atom is -0.427 e. The molecule has 1 aliphatic heterocycles. The van der Waals surface area contributed by atoms with Gasteiger partial charge in [-0.05, 0) is 34.1 Å². The van der Waals surface area contributed by atoms with Gasteiger partial charge in [0.2, 0.25) is 0 Å². The predicted octanol–water partition coefficient (Wildman–Crippen LogP) is 0.606. The maximum atomic E-state index is 11.2. The van der Waals surface area contributed by atoms with E-state index in [4.69, 9.17) is 4.65 Å². The minimum absolute atomic E-state index is 0.106. The van der Waals surface area contributed by atoms with Gasteiger partial charge in [-0.1, -0.05) is 11.5 Å². The highest BCUT2D eigenvalue weighted by atomic mass is 32.2. The van der Waals surface area contributed by atoms with Crippen molar-refractivity contribution in [3.63, 3.8) is 0 Å². The molecule has 0 saturated heterocycles. The molecule has 17 heavy (non-hydrogen) atoms. The molecule has 0 aliphatic carbocycles. The van der Waals surface area contributed by atoms with E-state index in [1.54, 1.807) is 19.9 Å². The van der Waals surface area contributed by atoms with Gasteiger partial charge < -0.3 is 9.76 Å². The van der Waals surface area contributed by atoms with E-state index in [-0.39, 0.29) is 11.5 Å². The van der Waals surface area contributed by atoms with E-state index in [0.717, 1.165) is 5.47 Å². The minimum atomic E-state index is -2.88. The standard InChI is InChI=1S/C11H21BO4S/c1-10(2,13)11(3,4)16-12-9-5-7-17(14,15)8-6-9/h5,12-13H,6-8H2,1-4H3. The van der Waals surface area contributed by atoms with E-state index in [1.165, 1.54) is 0 Å². The van der Waals surface area contributed by atoms with E-state index in [0.29, 0.717) is 13.9 Å². The molecule has 0 bridgehead atoms.